The molecule has 1 aromatic rings. The minimum Gasteiger partial charge on any atom is -0.384 e. The number of nitrogens with zero attached hydrogens (tertiary/aromatic N) is 1. The first-order chi connectivity index (χ1) is 10.0. The van der Waals surface area contributed by atoms with Gasteiger partial charge in [-0.25, -0.2) is 0 Å². The van der Waals surface area contributed by atoms with Crippen LogP contribution in [-0.2, 0) is 6.42 Å². The Morgan fingerprint density at radius 3 is 2.76 bits per heavy atom. The highest BCUT2D eigenvalue weighted by Gasteiger charge is 2.24. The number of hydrogen-bond donors (Lipinski definition) is 1. The van der Waals surface area contributed by atoms with Crippen LogP contribution in [0.2, 0.25) is 0 Å². The first-order valence-corrected chi connectivity index (χ1v) is 8.26. The van der Waals surface area contributed by atoms with Crippen LogP contribution < -0.4 is 5.32 Å². The fraction of sp³-hybridized carbons (Fsp3) is 0.579. The molecule has 0 radical (unpaired) electrons. The predicted molar refractivity (Wildman–Crippen MR) is 90.7 cm³/mol. The molecule has 0 amide bonds. The molecule has 114 valence electrons. The van der Waals surface area contributed by atoms with Crippen LogP contribution in [0.25, 0.3) is 0 Å². The van der Waals surface area contributed by atoms with Gasteiger partial charge < -0.3 is 5.32 Å². The summed E-state index contributed by atoms with van der Waals surface area (Å²) >= 11 is 0. The van der Waals surface area contributed by atoms with Gasteiger partial charge in [0, 0.05) is 31.9 Å². The zero-order chi connectivity index (χ0) is 14.9. The average Bonchev–Trinajstić information content (AvgIpc) is 2.47. The van der Waals surface area contributed by atoms with E-state index >= 15 is 0 Å². The number of anilines is 1. The van der Waals surface area contributed by atoms with E-state index < -0.39 is 0 Å². The lowest BCUT2D eigenvalue weighted by molar-refractivity contribution is 0.238. The molecule has 3 rings (SSSR count). The van der Waals surface area contributed by atoms with Crippen LogP contribution in [0.4, 0.5) is 5.69 Å². The minimum atomic E-state index is 0.345. The maximum absolute atomic E-state index is 3.59. The number of nitrogens with one attached hydrogen (secondary N) is 1. The van der Waals surface area contributed by atoms with Crippen molar-refractivity contribution in [1.82, 2.24) is 4.90 Å². The van der Waals surface area contributed by atoms with E-state index in [1.54, 1.807) is 5.57 Å². The zero-order valence-electron chi connectivity index (χ0n) is 13.7. The van der Waals surface area contributed by atoms with E-state index in [1.807, 2.05) is 0 Å². The lowest BCUT2D eigenvalue weighted by Crippen LogP contribution is -2.39. The SMILES string of the molecule is CC(C)(C)C1=CCN(CC2CNc3ccccc3C2)CC1. The van der Waals surface area contributed by atoms with Crippen LogP contribution in [-0.4, -0.2) is 31.1 Å². The van der Waals surface area contributed by atoms with Crippen molar-refractivity contribution in [2.75, 3.05) is 31.5 Å². The first-order valence-electron chi connectivity index (χ1n) is 8.26. The Balaban J connectivity index is 1.56. The fourth-order valence-corrected chi connectivity index (χ4v) is 3.56. The molecule has 0 spiro atoms. The third-order valence-corrected chi connectivity index (χ3v) is 4.88. The molecule has 2 nitrogen and oxygen atoms in total. The van der Waals surface area contributed by atoms with Crippen molar-refractivity contribution in [1.29, 1.82) is 0 Å². The van der Waals surface area contributed by atoms with E-state index in [2.05, 4.69) is 61.3 Å². The fourth-order valence-electron chi connectivity index (χ4n) is 3.56. The van der Waals surface area contributed by atoms with Crippen molar-refractivity contribution in [3.05, 3.63) is 41.5 Å². The summed E-state index contributed by atoms with van der Waals surface area (Å²) in [7, 11) is 0. The van der Waals surface area contributed by atoms with Crippen molar-refractivity contribution in [3.63, 3.8) is 0 Å². The largest absolute Gasteiger partial charge is 0.384 e. The van der Waals surface area contributed by atoms with Gasteiger partial charge in [-0.15, -0.1) is 0 Å². The van der Waals surface area contributed by atoms with Gasteiger partial charge in [0.05, 0.1) is 0 Å². The second kappa shape index (κ2) is 5.84. The van der Waals surface area contributed by atoms with Crippen LogP contribution >= 0.6 is 0 Å². The average molecular weight is 284 g/mol. The van der Waals surface area contributed by atoms with Crippen molar-refractivity contribution in [3.8, 4) is 0 Å². The minimum absolute atomic E-state index is 0.345. The van der Waals surface area contributed by atoms with Gasteiger partial charge in [0.2, 0.25) is 0 Å². The van der Waals surface area contributed by atoms with Crippen LogP contribution in [0, 0.1) is 11.3 Å². The third-order valence-electron chi connectivity index (χ3n) is 4.88. The Morgan fingerprint density at radius 2 is 2.05 bits per heavy atom. The topological polar surface area (TPSA) is 15.3 Å². The molecular formula is C19H28N2. The molecule has 1 atom stereocenters. The maximum atomic E-state index is 3.59. The summed E-state index contributed by atoms with van der Waals surface area (Å²) in [5, 5.41) is 3.59. The Morgan fingerprint density at radius 1 is 1.24 bits per heavy atom. The quantitative estimate of drug-likeness (QED) is 0.827. The Kier molecular flexibility index (Phi) is 4.08. The maximum Gasteiger partial charge on any atom is 0.0372 e. The molecule has 1 aromatic carbocycles. The highest BCUT2D eigenvalue weighted by Crippen LogP contribution is 2.31. The summed E-state index contributed by atoms with van der Waals surface area (Å²) in [6, 6.07) is 8.74. The van der Waals surface area contributed by atoms with E-state index in [1.165, 1.54) is 37.2 Å². The first kappa shape index (κ1) is 14.6. The third kappa shape index (κ3) is 3.49. The molecule has 2 heteroatoms. The normalized spacial score (nSPS) is 23.2. The molecule has 2 aliphatic rings. The van der Waals surface area contributed by atoms with E-state index in [0.717, 1.165) is 19.0 Å². The van der Waals surface area contributed by atoms with E-state index in [4.69, 9.17) is 0 Å². The summed E-state index contributed by atoms with van der Waals surface area (Å²) < 4.78 is 0. The molecule has 1 unspecified atom stereocenters. The van der Waals surface area contributed by atoms with Crippen molar-refractivity contribution < 1.29 is 0 Å². The van der Waals surface area contributed by atoms with Crippen molar-refractivity contribution >= 4 is 5.69 Å². The molecule has 0 aliphatic carbocycles. The van der Waals surface area contributed by atoms with E-state index in [-0.39, 0.29) is 0 Å². The van der Waals surface area contributed by atoms with Crippen LogP contribution in [0.5, 0.6) is 0 Å². The van der Waals surface area contributed by atoms with E-state index in [0.29, 0.717) is 5.41 Å². The number of benzene rings is 1. The lowest BCUT2D eigenvalue weighted by Gasteiger charge is -2.35. The Bertz CT molecular complexity index is 525. The molecule has 2 heterocycles. The van der Waals surface area contributed by atoms with Gasteiger partial charge in [-0.1, -0.05) is 50.6 Å². The van der Waals surface area contributed by atoms with Gasteiger partial charge in [-0.05, 0) is 35.8 Å². The predicted octanol–water partition coefficient (Wildman–Crippen LogP) is 3.95. The molecule has 0 fully saturated rings. The molecule has 0 aromatic heterocycles. The summed E-state index contributed by atoms with van der Waals surface area (Å²) in [6.07, 6.45) is 4.92. The Labute approximate surface area is 129 Å². The zero-order valence-corrected chi connectivity index (χ0v) is 13.7. The number of rotatable bonds is 2. The van der Waals surface area contributed by atoms with Crippen LogP contribution in [0.3, 0.4) is 0 Å². The second-order valence-corrected chi connectivity index (χ2v) is 7.60. The molecule has 0 bridgehead atoms. The van der Waals surface area contributed by atoms with Crippen LogP contribution in [0.15, 0.2) is 35.9 Å². The summed E-state index contributed by atoms with van der Waals surface area (Å²) in [5.74, 6) is 0.740. The molecular weight excluding hydrogens is 256 g/mol. The van der Waals surface area contributed by atoms with Gasteiger partial charge in [-0.2, -0.15) is 0 Å². The molecule has 0 saturated heterocycles. The second-order valence-electron chi connectivity index (χ2n) is 7.60. The van der Waals surface area contributed by atoms with E-state index in [9.17, 15) is 0 Å². The van der Waals surface area contributed by atoms with Gasteiger partial charge in [-0.3, -0.25) is 4.90 Å². The number of para-hydroxylation sites is 1. The monoisotopic (exact) mass is 284 g/mol. The molecule has 21 heavy (non-hydrogen) atoms. The molecule has 1 N–H and O–H groups in total. The Hall–Kier alpha value is -1.28. The van der Waals surface area contributed by atoms with Gasteiger partial charge in [0.1, 0.15) is 0 Å². The lowest BCUT2D eigenvalue weighted by atomic mass is 9.82. The summed E-state index contributed by atoms with van der Waals surface area (Å²) in [6.45, 7) is 11.7. The number of fused-ring (bicyclic) bond motifs is 1. The van der Waals surface area contributed by atoms with Crippen molar-refractivity contribution in [2.45, 2.75) is 33.6 Å². The molecule has 0 saturated carbocycles. The number of hydrogen-bond acceptors (Lipinski definition) is 2. The van der Waals surface area contributed by atoms with Gasteiger partial charge in [0.15, 0.2) is 0 Å². The van der Waals surface area contributed by atoms with Gasteiger partial charge >= 0.3 is 0 Å². The summed E-state index contributed by atoms with van der Waals surface area (Å²) in [4.78, 5) is 2.62. The molecule has 2 aliphatic heterocycles. The van der Waals surface area contributed by atoms with Gasteiger partial charge in [0.25, 0.3) is 0 Å². The smallest absolute Gasteiger partial charge is 0.0372 e. The highest BCUT2D eigenvalue weighted by molar-refractivity contribution is 5.53. The van der Waals surface area contributed by atoms with Crippen LogP contribution in [0.1, 0.15) is 32.8 Å². The van der Waals surface area contributed by atoms with Crippen molar-refractivity contribution in [2.24, 2.45) is 11.3 Å². The standard InChI is InChI=1S/C19H28N2/c1-19(2,3)17-8-10-21(11-9-17)14-15-12-16-6-4-5-7-18(16)20-13-15/h4-8,15,20H,9-14H2,1-3H3. The highest BCUT2D eigenvalue weighted by atomic mass is 15.1. The summed E-state index contributed by atoms with van der Waals surface area (Å²) in [5.41, 5.74) is 4.79.